The first-order chi connectivity index (χ1) is 11.4. The van der Waals surface area contributed by atoms with Gasteiger partial charge in [0.15, 0.2) is 9.84 Å². The van der Waals surface area contributed by atoms with Gasteiger partial charge in [-0.15, -0.1) is 11.3 Å². The van der Waals surface area contributed by atoms with Crippen molar-refractivity contribution < 1.29 is 22.7 Å². The molecule has 0 spiro atoms. The molecule has 2 aliphatic rings. The minimum absolute atomic E-state index is 0.0746. The zero-order valence-electron chi connectivity index (χ0n) is 13.6. The molecule has 1 aromatic rings. The molecule has 1 aliphatic carbocycles. The van der Waals surface area contributed by atoms with Crippen LogP contribution in [0.4, 0.5) is 5.00 Å². The zero-order valence-corrected chi connectivity index (χ0v) is 15.2. The maximum atomic E-state index is 12.3. The first kappa shape index (κ1) is 17.4. The summed E-state index contributed by atoms with van der Waals surface area (Å²) in [6, 6.07) is 0. The second kappa shape index (κ2) is 6.84. The lowest BCUT2D eigenvalue weighted by Gasteiger charge is -2.12. The molecule has 0 radical (unpaired) electrons. The van der Waals surface area contributed by atoms with Gasteiger partial charge < -0.3 is 10.1 Å². The number of carbonyl (C=O) groups excluding carboxylic acids is 2. The Morgan fingerprint density at radius 3 is 2.71 bits per heavy atom. The van der Waals surface area contributed by atoms with Crippen molar-refractivity contribution >= 4 is 38.1 Å². The van der Waals surface area contributed by atoms with Crippen molar-refractivity contribution in [2.75, 3.05) is 23.9 Å². The van der Waals surface area contributed by atoms with Crippen molar-refractivity contribution in [2.24, 2.45) is 5.92 Å². The highest BCUT2D eigenvalue weighted by Crippen LogP contribution is 2.38. The fourth-order valence-electron chi connectivity index (χ4n) is 3.44. The number of thiophene rings is 1. The number of fused-ring (bicyclic) bond motifs is 1. The van der Waals surface area contributed by atoms with Crippen LogP contribution in [-0.2, 0) is 32.2 Å². The number of anilines is 1. The first-order valence-electron chi connectivity index (χ1n) is 8.12. The molecule has 24 heavy (non-hydrogen) atoms. The van der Waals surface area contributed by atoms with E-state index in [0.717, 1.165) is 36.1 Å². The van der Waals surface area contributed by atoms with Crippen LogP contribution in [0.5, 0.6) is 0 Å². The predicted octanol–water partition coefficient (Wildman–Crippen LogP) is 2.18. The largest absolute Gasteiger partial charge is 0.465 e. The molecule has 1 aliphatic heterocycles. The molecule has 0 bridgehead atoms. The van der Waals surface area contributed by atoms with Crippen LogP contribution in [0.25, 0.3) is 0 Å². The van der Waals surface area contributed by atoms with Gasteiger partial charge in [0.1, 0.15) is 5.00 Å². The number of methoxy groups -OCH3 is 1. The normalized spacial score (nSPS) is 22.0. The van der Waals surface area contributed by atoms with Gasteiger partial charge in [0, 0.05) is 11.3 Å². The standard InChI is InChI=1S/C16H21NO5S2/c1-22-16(19)14-11-4-2-3-5-12(11)23-15(14)17-13(18)8-10-6-7-24(20,21)9-10/h10H,2-9H2,1H3,(H,17,18)/t10-/m1/s1. The quantitative estimate of drug-likeness (QED) is 0.820. The van der Waals surface area contributed by atoms with Crippen LogP contribution in [0, 0.1) is 5.92 Å². The summed E-state index contributed by atoms with van der Waals surface area (Å²) in [5.74, 6) is -0.559. The molecule has 1 atom stereocenters. The molecule has 3 rings (SSSR count). The summed E-state index contributed by atoms with van der Waals surface area (Å²) in [7, 11) is -1.66. The Balaban J connectivity index is 1.76. The minimum Gasteiger partial charge on any atom is -0.465 e. The second-order valence-electron chi connectivity index (χ2n) is 6.43. The number of rotatable bonds is 4. The minimum atomic E-state index is -2.99. The lowest BCUT2D eigenvalue weighted by molar-refractivity contribution is -0.116. The van der Waals surface area contributed by atoms with E-state index in [9.17, 15) is 18.0 Å². The van der Waals surface area contributed by atoms with Crippen molar-refractivity contribution in [2.45, 2.75) is 38.5 Å². The van der Waals surface area contributed by atoms with Gasteiger partial charge in [-0.3, -0.25) is 4.79 Å². The molecule has 1 amide bonds. The van der Waals surface area contributed by atoms with Crippen molar-refractivity contribution in [1.82, 2.24) is 0 Å². The number of hydrogen-bond donors (Lipinski definition) is 1. The molecule has 8 heteroatoms. The number of carbonyl (C=O) groups is 2. The van der Waals surface area contributed by atoms with E-state index in [4.69, 9.17) is 4.74 Å². The molecular weight excluding hydrogens is 350 g/mol. The monoisotopic (exact) mass is 371 g/mol. The van der Waals surface area contributed by atoms with E-state index in [0.29, 0.717) is 17.0 Å². The lowest BCUT2D eigenvalue weighted by Crippen LogP contribution is -2.18. The van der Waals surface area contributed by atoms with Crippen LogP contribution in [0.2, 0.25) is 0 Å². The molecule has 6 nitrogen and oxygen atoms in total. The van der Waals surface area contributed by atoms with Crippen molar-refractivity contribution in [3.05, 3.63) is 16.0 Å². The Morgan fingerprint density at radius 1 is 1.29 bits per heavy atom. The molecular formula is C16H21NO5S2. The van der Waals surface area contributed by atoms with Crippen LogP contribution in [-0.4, -0.2) is 38.9 Å². The molecule has 0 aromatic carbocycles. The van der Waals surface area contributed by atoms with Gasteiger partial charge in [-0.05, 0) is 43.6 Å². The van der Waals surface area contributed by atoms with E-state index in [-0.39, 0.29) is 29.8 Å². The fourth-order valence-corrected chi connectivity index (χ4v) is 6.60. The topological polar surface area (TPSA) is 89.5 Å². The smallest absolute Gasteiger partial charge is 0.341 e. The summed E-state index contributed by atoms with van der Waals surface area (Å²) < 4.78 is 27.9. The number of aryl methyl sites for hydroxylation is 1. The van der Waals surface area contributed by atoms with Gasteiger partial charge in [-0.25, -0.2) is 13.2 Å². The SMILES string of the molecule is COC(=O)c1c(NC(=O)C[C@H]2CCS(=O)(=O)C2)sc2c1CCCC2. The van der Waals surface area contributed by atoms with Gasteiger partial charge in [0.2, 0.25) is 5.91 Å². The van der Waals surface area contributed by atoms with Crippen LogP contribution in [0.3, 0.4) is 0 Å². The zero-order chi connectivity index (χ0) is 17.3. The summed E-state index contributed by atoms with van der Waals surface area (Å²) in [5.41, 5.74) is 1.47. The Labute approximate surface area is 145 Å². The van der Waals surface area contributed by atoms with E-state index in [1.807, 2.05) is 0 Å². The van der Waals surface area contributed by atoms with Gasteiger partial charge in [0.05, 0.1) is 24.2 Å². The van der Waals surface area contributed by atoms with Gasteiger partial charge in [-0.1, -0.05) is 0 Å². The molecule has 132 valence electrons. The highest BCUT2D eigenvalue weighted by Gasteiger charge is 2.31. The van der Waals surface area contributed by atoms with Gasteiger partial charge >= 0.3 is 5.97 Å². The summed E-state index contributed by atoms with van der Waals surface area (Å²) in [4.78, 5) is 25.6. The summed E-state index contributed by atoms with van der Waals surface area (Å²) in [6.07, 6.45) is 4.55. The fraction of sp³-hybridized carbons (Fsp3) is 0.625. The Morgan fingerprint density at radius 2 is 2.04 bits per heavy atom. The molecule has 1 aromatic heterocycles. The van der Waals surface area contributed by atoms with Crippen molar-refractivity contribution in [3.8, 4) is 0 Å². The van der Waals surface area contributed by atoms with Crippen LogP contribution in [0.1, 0.15) is 46.5 Å². The molecule has 1 saturated heterocycles. The average molecular weight is 371 g/mol. The van der Waals surface area contributed by atoms with Crippen LogP contribution >= 0.6 is 11.3 Å². The maximum absolute atomic E-state index is 12.3. The van der Waals surface area contributed by atoms with Gasteiger partial charge in [-0.2, -0.15) is 0 Å². The summed E-state index contributed by atoms with van der Waals surface area (Å²) >= 11 is 1.44. The van der Waals surface area contributed by atoms with Crippen LogP contribution < -0.4 is 5.32 Å². The van der Waals surface area contributed by atoms with E-state index >= 15 is 0 Å². The predicted molar refractivity (Wildman–Crippen MR) is 92.3 cm³/mol. The summed E-state index contributed by atoms with van der Waals surface area (Å²) in [5, 5.41) is 3.36. The molecule has 2 heterocycles. The van der Waals surface area contributed by atoms with E-state index in [2.05, 4.69) is 5.32 Å². The lowest BCUT2D eigenvalue weighted by atomic mass is 9.95. The summed E-state index contributed by atoms with van der Waals surface area (Å²) in [6.45, 7) is 0. The third-order valence-corrected chi connectivity index (χ3v) is 7.66. The van der Waals surface area contributed by atoms with Crippen LogP contribution in [0.15, 0.2) is 0 Å². The first-order valence-corrected chi connectivity index (χ1v) is 10.8. The molecule has 1 fully saturated rings. The molecule has 0 unspecified atom stereocenters. The van der Waals surface area contributed by atoms with Crippen molar-refractivity contribution in [1.29, 1.82) is 0 Å². The van der Waals surface area contributed by atoms with Crippen molar-refractivity contribution in [3.63, 3.8) is 0 Å². The number of nitrogens with one attached hydrogen (secondary N) is 1. The maximum Gasteiger partial charge on any atom is 0.341 e. The van der Waals surface area contributed by atoms with Gasteiger partial charge in [0.25, 0.3) is 0 Å². The Hall–Kier alpha value is -1.41. The third-order valence-electron chi connectivity index (χ3n) is 4.61. The number of sulfone groups is 1. The third kappa shape index (κ3) is 3.64. The molecule has 1 N–H and O–H groups in total. The van der Waals surface area contributed by atoms with E-state index in [1.165, 1.54) is 18.4 Å². The number of esters is 1. The highest BCUT2D eigenvalue weighted by molar-refractivity contribution is 7.91. The Bertz CT molecular complexity index is 766. The Kier molecular flexibility index (Phi) is 4.96. The number of hydrogen-bond acceptors (Lipinski definition) is 6. The molecule has 0 saturated carbocycles. The highest BCUT2D eigenvalue weighted by atomic mass is 32.2. The number of ether oxygens (including phenoxy) is 1. The van der Waals surface area contributed by atoms with E-state index in [1.54, 1.807) is 0 Å². The average Bonchev–Trinajstić information content (AvgIpc) is 3.05. The van der Waals surface area contributed by atoms with E-state index < -0.39 is 15.8 Å². The number of amides is 1. The second-order valence-corrected chi connectivity index (χ2v) is 9.76.